The summed E-state index contributed by atoms with van der Waals surface area (Å²) in [5.74, 6) is 0.777. The first-order valence-corrected chi connectivity index (χ1v) is 10.7. The van der Waals surface area contributed by atoms with Crippen molar-refractivity contribution in [1.82, 2.24) is 20.6 Å². The van der Waals surface area contributed by atoms with Crippen LogP contribution in [-0.2, 0) is 19.1 Å². The van der Waals surface area contributed by atoms with Gasteiger partial charge >= 0.3 is 5.97 Å². The van der Waals surface area contributed by atoms with Crippen LogP contribution >= 0.6 is 0 Å². The third kappa shape index (κ3) is 8.98. The molecule has 10 heteroatoms. The Bertz CT molecular complexity index is 978. The molecule has 0 aliphatic carbocycles. The number of hydrogen-bond donors (Lipinski definition) is 4. The molecule has 1 aromatic carbocycles. The molecule has 2 aromatic rings. The predicted molar refractivity (Wildman–Crippen MR) is 127 cm³/mol. The van der Waals surface area contributed by atoms with E-state index < -0.39 is 11.9 Å². The Morgan fingerprint density at radius 3 is 2.09 bits per heavy atom. The van der Waals surface area contributed by atoms with Crippen LogP contribution in [0.25, 0.3) is 11.4 Å². The Morgan fingerprint density at radius 2 is 1.52 bits per heavy atom. The second-order valence-corrected chi connectivity index (χ2v) is 6.95. The molecule has 0 fully saturated rings. The van der Waals surface area contributed by atoms with Crippen molar-refractivity contribution < 1.29 is 19.1 Å². The van der Waals surface area contributed by atoms with Gasteiger partial charge in [0.05, 0.1) is 6.61 Å². The molecule has 1 aromatic heterocycles. The molecule has 1 heterocycles. The highest BCUT2D eigenvalue weighted by molar-refractivity contribution is 5.94. The van der Waals surface area contributed by atoms with Gasteiger partial charge in [-0.3, -0.25) is 9.59 Å². The average molecular weight is 455 g/mol. The summed E-state index contributed by atoms with van der Waals surface area (Å²) in [6.45, 7) is 7.01. The highest BCUT2D eigenvalue weighted by Gasteiger charge is 2.12. The number of amides is 2. The molecule has 0 saturated heterocycles. The molecule has 0 bridgehead atoms. The molecule has 0 aliphatic rings. The first-order valence-electron chi connectivity index (χ1n) is 10.7. The SMILES string of the molecule is CCOC(=O)/C=C/C(=O)NCCNc1nc(-c2ccccc2)nc(NCCNC(C)=O)c1C. The molecule has 33 heavy (non-hydrogen) atoms. The molecular weight excluding hydrogens is 424 g/mol. The van der Waals surface area contributed by atoms with Crippen LogP contribution in [0.5, 0.6) is 0 Å². The third-order valence-electron chi connectivity index (χ3n) is 4.34. The van der Waals surface area contributed by atoms with E-state index >= 15 is 0 Å². The summed E-state index contributed by atoms with van der Waals surface area (Å²) in [7, 11) is 0. The smallest absolute Gasteiger partial charge is 0.330 e. The van der Waals surface area contributed by atoms with E-state index in [1.807, 2.05) is 37.3 Å². The summed E-state index contributed by atoms with van der Waals surface area (Å²) in [5, 5.41) is 11.9. The Labute approximate surface area is 193 Å². The van der Waals surface area contributed by atoms with E-state index in [1.165, 1.54) is 6.92 Å². The number of nitrogens with zero attached hydrogens (tertiary/aromatic N) is 2. The van der Waals surface area contributed by atoms with Gasteiger partial charge < -0.3 is 26.0 Å². The molecule has 176 valence electrons. The Morgan fingerprint density at radius 1 is 0.909 bits per heavy atom. The van der Waals surface area contributed by atoms with Gasteiger partial charge in [0.25, 0.3) is 0 Å². The molecule has 0 atom stereocenters. The van der Waals surface area contributed by atoms with Crippen molar-refractivity contribution in [3.63, 3.8) is 0 Å². The van der Waals surface area contributed by atoms with E-state index in [2.05, 4.69) is 31.2 Å². The Hall–Kier alpha value is -3.95. The normalized spacial score (nSPS) is 10.5. The number of rotatable bonds is 12. The summed E-state index contributed by atoms with van der Waals surface area (Å²) in [6.07, 6.45) is 2.23. The maximum Gasteiger partial charge on any atom is 0.330 e. The minimum atomic E-state index is -0.561. The van der Waals surface area contributed by atoms with Gasteiger partial charge in [-0.2, -0.15) is 0 Å². The lowest BCUT2D eigenvalue weighted by molar-refractivity contribution is -0.137. The van der Waals surface area contributed by atoms with Crippen molar-refractivity contribution in [2.45, 2.75) is 20.8 Å². The lowest BCUT2D eigenvalue weighted by Gasteiger charge is -2.15. The van der Waals surface area contributed by atoms with E-state index in [1.54, 1.807) is 6.92 Å². The molecule has 0 radical (unpaired) electrons. The predicted octanol–water partition coefficient (Wildman–Crippen LogP) is 1.65. The molecule has 10 nitrogen and oxygen atoms in total. The van der Waals surface area contributed by atoms with Crippen molar-refractivity contribution >= 4 is 29.4 Å². The van der Waals surface area contributed by atoms with Crippen LogP contribution in [0.15, 0.2) is 42.5 Å². The fourth-order valence-electron chi connectivity index (χ4n) is 2.76. The van der Waals surface area contributed by atoms with Crippen molar-refractivity contribution in [3.05, 3.63) is 48.0 Å². The van der Waals surface area contributed by atoms with E-state index in [0.717, 1.165) is 23.3 Å². The number of anilines is 2. The number of carbonyl (C=O) groups is 3. The summed E-state index contributed by atoms with van der Waals surface area (Å²) >= 11 is 0. The van der Waals surface area contributed by atoms with Crippen molar-refractivity contribution in [2.75, 3.05) is 43.4 Å². The average Bonchev–Trinajstić information content (AvgIpc) is 2.80. The second-order valence-electron chi connectivity index (χ2n) is 6.95. The lowest BCUT2D eigenvalue weighted by Crippen LogP contribution is -2.28. The molecule has 2 amide bonds. The molecule has 0 unspecified atom stereocenters. The van der Waals surface area contributed by atoms with Gasteiger partial charge in [0, 0.05) is 56.4 Å². The topological polar surface area (TPSA) is 134 Å². The minimum absolute atomic E-state index is 0.0947. The van der Waals surface area contributed by atoms with Gasteiger partial charge in [0.2, 0.25) is 11.8 Å². The lowest BCUT2D eigenvalue weighted by atomic mass is 10.2. The summed E-state index contributed by atoms with van der Waals surface area (Å²) in [6, 6.07) is 9.59. The van der Waals surface area contributed by atoms with E-state index in [9.17, 15) is 14.4 Å². The maximum absolute atomic E-state index is 11.8. The molecule has 4 N–H and O–H groups in total. The fourth-order valence-corrected chi connectivity index (χ4v) is 2.76. The monoisotopic (exact) mass is 454 g/mol. The number of ether oxygens (including phenoxy) is 1. The van der Waals surface area contributed by atoms with Crippen LogP contribution in [0.3, 0.4) is 0 Å². The van der Waals surface area contributed by atoms with Crippen LogP contribution < -0.4 is 21.3 Å². The maximum atomic E-state index is 11.8. The molecular formula is C23H30N6O4. The molecule has 0 aliphatic heterocycles. The zero-order valence-electron chi connectivity index (χ0n) is 19.1. The van der Waals surface area contributed by atoms with Crippen LogP contribution in [0.2, 0.25) is 0 Å². The van der Waals surface area contributed by atoms with Crippen molar-refractivity contribution in [2.24, 2.45) is 0 Å². The third-order valence-corrected chi connectivity index (χ3v) is 4.34. The molecule has 0 saturated carbocycles. The van der Waals surface area contributed by atoms with Crippen LogP contribution in [0.1, 0.15) is 19.4 Å². The van der Waals surface area contributed by atoms with Crippen molar-refractivity contribution in [3.8, 4) is 11.4 Å². The zero-order chi connectivity index (χ0) is 24.1. The standard InChI is InChI=1S/C23H30N6O4/c1-4-33-20(32)11-10-19(31)25-13-15-27-22-16(2)21(26-14-12-24-17(3)30)28-23(29-22)18-8-6-5-7-9-18/h5-11H,4,12-15H2,1-3H3,(H,24,30)(H,25,31)(H2,26,27,28,29)/b11-10+. The second kappa shape index (κ2) is 13.5. The summed E-state index contributed by atoms with van der Waals surface area (Å²) < 4.78 is 4.74. The summed E-state index contributed by atoms with van der Waals surface area (Å²) in [5.41, 5.74) is 1.67. The summed E-state index contributed by atoms with van der Waals surface area (Å²) in [4.78, 5) is 43.4. The fraction of sp³-hybridized carbons (Fsp3) is 0.348. The highest BCUT2D eigenvalue weighted by Crippen LogP contribution is 2.24. The van der Waals surface area contributed by atoms with E-state index in [4.69, 9.17) is 4.74 Å². The van der Waals surface area contributed by atoms with Crippen LogP contribution in [0.4, 0.5) is 11.6 Å². The van der Waals surface area contributed by atoms with Gasteiger partial charge in [-0.25, -0.2) is 14.8 Å². The molecule has 2 rings (SSSR count). The number of nitrogens with one attached hydrogen (secondary N) is 4. The number of benzene rings is 1. The van der Waals surface area contributed by atoms with Gasteiger partial charge in [0.1, 0.15) is 11.6 Å². The molecule has 0 spiro atoms. The minimum Gasteiger partial charge on any atom is -0.463 e. The first-order chi connectivity index (χ1) is 15.9. The van der Waals surface area contributed by atoms with Gasteiger partial charge in [-0.1, -0.05) is 30.3 Å². The van der Waals surface area contributed by atoms with Crippen LogP contribution in [0, 0.1) is 6.92 Å². The highest BCUT2D eigenvalue weighted by atomic mass is 16.5. The van der Waals surface area contributed by atoms with Crippen molar-refractivity contribution in [1.29, 1.82) is 0 Å². The van der Waals surface area contributed by atoms with Gasteiger partial charge in [-0.15, -0.1) is 0 Å². The first kappa shape index (κ1) is 25.3. The quantitative estimate of drug-likeness (QED) is 0.216. The Kier molecular flexibility index (Phi) is 10.3. The largest absolute Gasteiger partial charge is 0.463 e. The van der Waals surface area contributed by atoms with E-state index in [0.29, 0.717) is 43.6 Å². The number of carbonyl (C=O) groups excluding carboxylic acids is 3. The van der Waals surface area contributed by atoms with Crippen LogP contribution in [-0.4, -0.2) is 60.5 Å². The van der Waals surface area contributed by atoms with Gasteiger partial charge in [-0.05, 0) is 13.8 Å². The number of aromatic nitrogens is 2. The number of esters is 1. The van der Waals surface area contributed by atoms with Gasteiger partial charge in [0.15, 0.2) is 5.82 Å². The number of hydrogen-bond acceptors (Lipinski definition) is 8. The van der Waals surface area contributed by atoms with E-state index in [-0.39, 0.29) is 12.5 Å². The Balaban J connectivity index is 2.03. The zero-order valence-corrected chi connectivity index (χ0v) is 19.1.